The first-order valence-electron chi connectivity index (χ1n) is 8.30. The van der Waals surface area contributed by atoms with E-state index in [2.05, 4.69) is 4.98 Å². The van der Waals surface area contributed by atoms with Crippen molar-refractivity contribution in [3.63, 3.8) is 0 Å². The molecule has 0 aliphatic carbocycles. The molecule has 8 nitrogen and oxygen atoms in total. The number of likely N-dealkylation sites (tertiary alicyclic amines) is 1. The van der Waals surface area contributed by atoms with Gasteiger partial charge in [-0.15, -0.1) is 0 Å². The van der Waals surface area contributed by atoms with Crippen LogP contribution in [0.1, 0.15) is 59.0 Å². The molecule has 0 aromatic carbocycles. The fraction of sp³-hybridized carbons (Fsp3) is 0.706. The van der Waals surface area contributed by atoms with Crippen molar-refractivity contribution in [1.29, 1.82) is 0 Å². The first-order chi connectivity index (χ1) is 11.4. The van der Waals surface area contributed by atoms with E-state index in [0.717, 1.165) is 0 Å². The van der Waals surface area contributed by atoms with Crippen LogP contribution >= 0.6 is 0 Å². The highest BCUT2D eigenvalue weighted by atomic mass is 16.6. The lowest BCUT2D eigenvalue weighted by Gasteiger charge is -2.39. The molecular formula is C17H27N3O5. The number of nitrogens with zero attached hydrogens (tertiary/aromatic N) is 3. The van der Waals surface area contributed by atoms with E-state index >= 15 is 0 Å². The van der Waals surface area contributed by atoms with Gasteiger partial charge in [0.1, 0.15) is 17.0 Å². The van der Waals surface area contributed by atoms with Gasteiger partial charge >= 0.3 is 12.2 Å². The fourth-order valence-electron chi connectivity index (χ4n) is 2.44. The van der Waals surface area contributed by atoms with Crippen LogP contribution in [0.25, 0.3) is 0 Å². The maximum absolute atomic E-state index is 12.5. The molecule has 1 aromatic heterocycles. The molecule has 2 rings (SSSR count). The van der Waals surface area contributed by atoms with Crippen molar-refractivity contribution >= 4 is 12.2 Å². The van der Waals surface area contributed by atoms with Crippen LogP contribution < -0.4 is 0 Å². The van der Waals surface area contributed by atoms with Gasteiger partial charge in [0.2, 0.25) is 0 Å². The van der Waals surface area contributed by atoms with Gasteiger partial charge in [-0.05, 0) is 41.5 Å². The summed E-state index contributed by atoms with van der Waals surface area (Å²) in [7, 11) is 0. The zero-order chi connectivity index (χ0) is 19.0. The first-order valence-corrected chi connectivity index (χ1v) is 8.30. The van der Waals surface area contributed by atoms with Crippen LogP contribution in [0.3, 0.4) is 0 Å². The number of hydrogen-bond donors (Lipinski definition) is 1. The lowest BCUT2D eigenvalue weighted by Crippen LogP contribution is -2.51. The number of ether oxygens (including phenoxy) is 2. The van der Waals surface area contributed by atoms with Crippen LogP contribution in [0.15, 0.2) is 6.20 Å². The smallest absolute Gasteiger partial charge is 0.420 e. The maximum Gasteiger partial charge on any atom is 0.420 e. The van der Waals surface area contributed by atoms with Crippen LogP contribution in [0.5, 0.6) is 0 Å². The Kier molecular flexibility index (Phi) is 5.13. The number of rotatable bonds is 2. The van der Waals surface area contributed by atoms with E-state index in [4.69, 9.17) is 9.47 Å². The van der Waals surface area contributed by atoms with Gasteiger partial charge in [0.05, 0.1) is 24.4 Å². The zero-order valence-electron chi connectivity index (χ0n) is 15.7. The first kappa shape index (κ1) is 19.2. The molecule has 0 unspecified atom stereocenters. The number of aliphatic hydroxyl groups is 1. The average Bonchev–Trinajstić information content (AvgIpc) is 2.76. The van der Waals surface area contributed by atoms with Gasteiger partial charge in [-0.3, -0.25) is 0 Å². The minimum absolute atomic E-state index is 0.111. The molecule has 1 aliphatic rings. The second-order valence-corrected chi connectivity index (χ2v) is 8.16. The van der Waals surface area contributed by atoms with E-state index in [1.165, 1.54) is 10.8 Å². The van der Waals surface area contributed by atoms with Crippen LogP contribution in [0.2, 0.25) is 0 Å². The molecule has 1 saturated heterocycles. The van der Waals surface area contributed by atoms with Crippen molar-refractivity contribution in [1.82, 2.24) is 14.5 Å². The largest absolute Gasteiger partial charge is 0.444 e. The molecule has 1 amide bonds. The number of carbonyl (C=O) groups excluding carboxylic acids is 2. The van der Waals surface area contributed by atoms with Crippen LogP contribution in [-0.2, 0) is 16.1 Å². The Labute approximate surface area is 147 Å². The lowest BCUT2D eigenvalue weighted by molar-refractivity contribution is 0.00707. The van der Waals surface area contributed by atoms with Gasteiger partial charge in [-0.1, -0.05) is 0 Å². The summed E-state index contributed by atoms with van der Waals surface area (Å²) in [4.78, 5) is 30.3. The van der Waals surface area contributed by atoms with Gasteiger partial charge in [0, 0.05) is 13.1 Å². The van der Waals surface area contributed by atoms with Crippen LogP contribution in [0, 0.1) is 0 Å². The number of imidazole rings is 1. The van der Waals surface area contributed by atoms with E-state index < -0.39 is 17.3 Å². The minimum atomic E-state index is -0.659. The molecule has 1 aliphatic heterocycles. The molecule has 8 heteroatoms. The molecule has 1 N–H and O–H groups in total. The summed E-state index contributed by atoms with van der Waals surface area (Å²) in [5, 5.41) is 9.47. The summed E-state index contributed by atoms with van der Waals surface area (Å²) in [5.74, 6) is 0.374. The zero-order valence-corrected chi connectivity index (χ0v) is 15.7. The minimum Gasteiger partial charge on any atom is -0.444 e. The number of hydrogen-bond acceptors (Lipinski definition) is 6. The van der Waals surface area contributed by atoms with Crippen LogP contribution in [0.4, 0.5) is 9.59 Å². The summed E-state index contributed by atoms with van der Waals surface area (Å²) >= 11 is 0. The van der Waals surface area contributed by atoms with Gasteiger partial charge in [-0.25, -0.2) is 19.1 Å². The van der Waals surface area contributed by atoms with Crippen molar-refractivity contribution < 1.29 is 24.2 Å². The SMILES string of the molecule is CC(C)(C)OC(=O)N1CC(c2ncc(CO)n2C(=O)OC(C)(C)C)C1. The molecule has 1 aromatic rings. The summed E-state index contributed by atoms with van der Waals surface area (Å²) in [6, 6.07) is 0. The summed E-state index contributed by atoms with van der Waals surface area (Å²) in [6.07, 6.45) is 0.483. The van der Waals surface area contributed by atoms with E-state index in [1.54, 1.807) is 25.7 Å². The molecule has 140 valence electrons. The molecular weight excluding hydrogens is 326 g/mol. The summed E-state index contributed by atoms with van der Waals surface area (Å²) in [6.45, 7) is 11.2. The maximum atomic E-state index is 12.5. The third-order valence-corrected chi connectivity index (χ3v) is 3.50. The van der Waals surface area contributed by atoms with E-state index in [9.17, 15) is 14.7 Å². The molecule has 1 fully saturated rings. The van der Waals surface area contributed by atoms with Crippen molar-refractivity contribution in [3.8, 4) is 0 Å². The molecule has 0 bridgehead atoms. The summed E-state index contributed by atoms with van der Waals surface area (Å²) < 4.78 is 12.0. The second-order valence-electron chi connectivity index (χ2n) is 8.16. The summed E-state index contributed by atoms with van der Waals surface area (Å²) in [5.41, 5.74) is -0.852. The topological polar surface area (TPSA) is 93.9 Å². The third kappa shape index (κ3) is 4.72. The Morgan fingerprint density at radius 2 is 1.64 bits per heavy atom. The molecule has 0 saturated carbocycles. The predicted octanol–water partition coefficient (Wildman–Crippen LogP) is 2.49. The number of aromatic nitrogens is 2. The highest BCUT2D eigenvalue weighted by Crippen LogP contribution is 2.29. The Morgan fingerprint density at radius 3 is 2.12 bits per heavy atom. The Bertz CT molecular complexity index is 648. The number of carbonyl (C=O) groups is 2. The monoisotopic (exact) mass is 353 g/mol. The van der Waals surface area contributed by atoms with E-state index in [-0.39, 0.29) is 18.6 Å². The molecule has 0 spiro atoms. The van der Waals surface area contributed by atoms with Gasteiger partial charge in [-0.2, -0.15) is 0 Å². The Hall–Kier alpha value is -2.09. The van der Waals surface area contributed by atoms with Gasteiger partial charge in [0.15, 0.2) is 0 Å². The second kappa shape index (κ2) is 6.67. The van der Waals surface area contributed by atoms with E-state index in [1.807, 2.05) is 20.8 Å². The van der Waals surface area contributed by atoms with Gasteiger partial charge in [0.25, 0.3) is 0 Å². The standard InChI is InChI=1S/C17H27N3O5/c1-16(2,3)24-14(22)19-8-11(9-19)13-18-7-12(10-21)20(13)15(23)25-17(4,5)6/h7,11,21H,8-10H2,1-6H3. The molecule has 25 heavy (non-hydrogen) atoms. The molecule has 0 atom stereocenters. The molecule has 0 radical (unpaired) electrons. The van der Waals surface area contributed by atoms with E-state index in [0.29, 0.717) is 24.6 Å². The predicted molar refractivity (Wildman–Crippen MR) is 90.3 cm³/mol. The lowest BCUT2D eigenvalue weighted by atomic mass is 10.00. The van der Waals surface area contributed by atoms with Gasteiger partial charge < -0.3 is 19.5 Å². The van der Waals surface area contributed by atoms with Crippen molar-refractivity contribution in [2.24, 2.45) is 0 Å². The van der Waals surface area contributed by atoms with Crippen molar-refractivity contribution in [2.75, 3.05) is 13.1 Å². The highest BCUT2D eigenvalue weighted by molar-refractivity contribution is 5.73. The van der Waals surface area contributed by atoms with Crippen molar-refractivity contribution in [2.45, 2.75) is 65.3 Å². The normalized spacial score (nSPS) is 15.7. The number of aliphatic hydroxyl groups excluding tert-OH is 1. The third-order valence-electron chi connectivity index (χ3n) is 3.50. The number of amides is 1. The fourth-order valence-corrected chi connectivity index (χ4v) is 2.44. The quantitative estimate of drug-likeness (QED) is 0.878. The Morgan fingerprint density at radius 1 is 1.12 bits per heavy atom. The molecule has 2 heterocycles. The van der Waals surface area contributed by atoms with Crippen molar-refractivity contribution in [3.05, 3.63) is 17.7 Å². The average molecular weight is 353 g/mol. The Balaban J connectivity index is 2.11. The van der Waals surface area contributed by atoms with Crippen LogP contribution in [-0.4, -0.2) is 56.0 Å². The highest BCUT2D eigenvalue weighted by Gasteiger charge is 2.38.